The minimum atomic E-state index is -4.10. The zero-order valence-corrected chi connectivity index (χ0v) is 17.6. The smallest absolute Gasteiger partial charge is 0.396 e. The molecule has 0 aliphatic heterocycles. The molecule has 8 heteroatoms. The predicted molar refractivity (Wildman–Crippen MR) is 113 cm³/mol. The van der Waals surface area contributed by atoms with Crippen LogP contribution in [0.1, 0.15) is 37.7 Å². The Bertz CT molecular complexity index is 1200. The molecule has 1 fully saturated rings. The van der Waals surface area contributed by atoms with Crippen LogP contribution in [0.3, 0.4) is 0 Å². The normalized spacial score (nSPS) is 15.5. The van der Waals surface area contributed by atoms with Crippen molar-refractivity contribution in [3.8, 4) is 0 Å². The van der Waals surface area contributed by atoms with Gasteiger partial charge in [-0.05, 0) is 50.1 Å². The van der Waals surface area contributed by atoms with Crippen LogP contribution in [-0.4, -0.2) is 14.3 Å². The molecule has 0 spiro atoms. The van der Waals surface area contributed by atoms with Gasteiger partial charge in [0.15, 0.2) is 0 Å². The van der Waals surface area contributed by atoms with E-state index in [0.29, 0.717) is 23.1 Å². The number of carbonyl (C=O) groups excluding carboxylic acids is 1. The van der Waals surface area contributed by atoms with E-state index in [1.165, 1.54) is 30.3 Å². The van der Waals surface area contributed by atoms with Crippen LogP contribution in [0.15, 0.2) is 56.6 Å². The van der Waals surface area contributed by atoms with E-state index in [4.69, 9.17) is 4.42 Å². The lowest BCUT2D eigenvalue weighted by Gasteiger charge is -2.29. The Morgan fingerprint density at radius 3 is 2.45 bits per heavy atom. The van der Waals surface area contributed by atoms with Crippen LogP contribution in [0.25, 0.3) is 10.3 Å². The van der Waals surface area contributed by atoms with Crippen molar-refractivity contribution in [2.75, 3.05) is 4.31 Å². The van der Waals surface area contributed by atoms with Gasteiger partial charge in [-0.3, -0.25) is 4.79 Å². The summed E-state index contributed by atoms with van der Waals surface area (Å²) in [6.07, 6.45) is 4.25. The third-order valence-electron chi connectivity index (χ3n) is 5.26. The van der Waals surface area contributed by atoms with Gasteiger partial charge in [-0.1, -0.05) is 48.3 Å². The molecule has 3 aromatic rings. The number of amides is 1. The Kier molecular flexibility index (Phi) is 5.31. The Balaban J connectivity index is 1.84. The first-order valence-corrected chi connectivity index (χ1v) is 11.8. The van der Waals surface area contributed by atoms with Crippen molar-refractivity contribution in [1.29, 1.82) is 0 Å². The lowest BCUT2D eigenvalue weighted by Crippen LogP contribution is -2.41. The van der Waals surface area contributed by atoms with Crippen molar-refractivity contribution in [3.05, 3.63) is 57.8 Å². The molecule has 0 radical (unpaired) electrons. The molecule has 1 saturated carbocycles. The van der Waals surface area contributed by atoms with Crippen molar-refractivity contribution in [1.82, 2.24) is 0 Å². The van der Waals surface area contributed by atoms with Gasteiger partial charge in [0.2, 0.25) is 5.91 Å². The molecule has 1 amide bonds. The maximum Gasteiger partial charge on any atom is 0.396 e. The highest BCUT2D eigenvalue weighted by Crippen LogP contribution is 2.33. The largest absolute Gasteiger partial charge is 0.414 e. The summed E-state index contributed by atoms with van der Waals surface area (Å²) in [5.41, 5.74) is 1.53. The van der Waals surface area contributed by atoms with E-state index in [-0.39, 0.29) is 16.5 Å². The number of carbonyl (C=O) groups is 1. The average molecular weight is 432 g/mol. The van der Waals surface area contributed by atoms with Crippen LogP contribution in [-0.2, 0) is 14.8 Å². The Morgan fingerprint density at radius 2 is 1.76 bits per heavy atom. The number of nitrogens with zero attached hydrogens (tertiary/aromatic N) is 1. The molecule has 1 aliphatic carbocycles. The molecular formula is C21H21NO5S2. The highest BCUT2D eigenvalue weighted by Gasteiger charge is 2.36. The van der Waals surface area contributed by atoms with Crippen LogP contribution in [0.2, 0.25) is 0 Å². The quantitative estimate of drug-likeness (QED) is 0.609. The minimum absolute atomic E-state index is 0.0627. The maximum absolute atomic E-state index is 13.5. The molecule has 0 N–H and O–H groups in total. The Hall–Kier alpha value is -2.45. The summed E-state index contributed by atoms with van der Waals surface area (Å²) in [6.45, 7) is 1.87. The summed E-state index contributed by atoms with van der Waals surface area (Å²) >= 11 is 0.884. The van der Waals surface area contributed by atoms with Crippen molar-refractivity contribution < 1.29 is 17.6 Å². The molecule has 6 nitrogen and oxygen atoms in total. The molecule has 0 unspecified atom stereocenters. The zero-order chi connectivity index (χ0) is 20.6. The van der Waals surface area contributed by atoms with E-state index in [1.807, 2.05) is 6.92 Å². The van der Waals surface area contributed by atoms with Crippen LogP contribution in [0.5, 0.6) is 0 Å². The maximum atomic E-state index is 13.5. The summed E-state index contributed by atoms with van der Waals surface area (Å²) in [5.74, 6) is -0.747. The number of hydrogen-bond donors (Lipinski definition) is 0. The number of rotatable bonds is 4. The highest BCUT2D eigenvalue weighted by atomic mass is 32.2. The molecule has 1 aromatic heterocycles. The van der Waals surface area contributed by atoms with Crippen molar-refractivity contribution in [3.63, 3.8) is 0 Å². The summed E-state index contributed by atoms with van der Waals surface area (Å²) in [7, 11) is -4.10. The molecule has 152 valence electrons. The molecule has 4 rings (SSSR count). The number of benzene rings is 2. The minimum Gasteiger partial charge on any atom is -0.414 e. The predicted octanol–water partition coefficient (Wildman–Crippen LogP) is 4.47. The van der Waals surface area contributed by atoms with E-state index in [0.717, 1.165) is 40.5 Å². The number of fused-ring (bicyclic) bond motifs is 1. The molecule has 1 heterocycles. The van der Waals surface area contributed by atoms with E-state index in [9.17, 15) is 18.0 Å². The summed E-state index contributed by atoms with van der Waals surface area (Å²) < 4.78 is 33.5. The third-order valence-corrected chi connectivity index (χ3v) is 7.79. The van der Waals surface area contributed by atoms with Gasteiger partial charge >= 0.3 is 4.94 Å². The van der Waals surface area contributed by atoms with E-state index in [2.05, 4.69) is 0 Å². The lowest BCUT2D eigenvalue weighted by molar-refractivity contribution is -0.122. The summed E-state index contributed by atoms with van der Waals surface area (Å²) in [6, 6.07) is 11.0. The molecule has 0 bridgehead atoms. The summed E-state index contributed by atoms with van der Waals surface area (Å²) in [4.78, 5) is 24.5. The van der Waals surface area contributed by atoms with Crippen LogP contribution >= 0.6 is 11.3 Å². The van der Waals surface area contributed by atoms with E-state index in [1.54, 1.807) is 12.1 Å². The molecule has 29 heavy (non-hydrogen) atoms. The average Bonchev–Trinajstić information content (AvgIpc) is 3.08. The van der Waals surface area contributed by atoms with Crippen LogP contribution < -0.4 is 9.24 Å². The first-order chi connectivity index (χ1) is 13.9. The summed E-state index contributed by atoms with van der Waals surface area (Å²) in [5, 5.41) is 0. The van der Waals surface area contributed by atoms with Crippen molar-refractivity contribution in [2.24, 2.45) is 5.92 Å². The number of anilines is 1. The highest BCUT2D eigenvalue weighted by molar-refractivity contribution is 7.93. The van der Waals surface area contributed by atoms with Crippen LogP contribution in [0, 0.1) is 12.8 Å². The number of aryl methyl sites for hydroxylation is 1. The fraction of sp³-hybridized carbons (Fsp3) is 0.333. The van der Waals surface area contributed by atoms with E-state index >= 15 is 0 Å². The van der Waals surface area contributed by atoms with Gasteiger partial charge in [0.05, 0.1) is 15.3 Å². The van der Waals surface area contributed by atoms with Crippen LogP contribution in [0.4, 0.5) is 5.69 Å². The topological polar surface area (TPSA) is 84.7 Å². The SMILES string of the molecule is Cc1ccc(S(=O)(=O)N(C(=O)C2CCCCC2)c2ccc3oc(=O)sc3c2)cc1. The molecule has 0 saturated heterocycles. The Labute approximate surface area is 172 Å². The lowest BCUT2D eigenvalue weighted by atomic mass is 9.88. The van der Waals surface area contributed by atoms with Gasteiger partial charge in [-0.2, -0.15) is 0 Å². The molecular weight excluding hydrogens is 410 g/mol. The van der Waals surface area contributed by atoms with Gasteiger partial charge in [-0.15, -0.1) is 0 Å². The zero-order valence-electron chi connectivity index (χ0n) is 16.0. The van der Waals surface area contributed by atoms with Crippen molar-refractivity contribution in [2.45, 2.75) is 43.9 Å². The second-order valence-corrected chi connectivity index (χ2v) is 10.1. The first kappa shape index (κ1) is 19.8. The molecule has 1 aliphatic rings. The molecule has 0 atom stereocenters. The monoisotopic (exact) mass is 431 g/mol. The molecule has 2 aromatic carbocycles. The van der Waals surface area contributed by atoms with Gasteiger partial charge in [0, 0.05) is 5.92 Å². The van der Waals surface area contributed by atoms with Crippen molar-refractivity contribution >= 4 is 43.2 Å². The number of sulfonamides is 1. The van der Waals surface area contributed by atoms with E-state index < -0.39 is 20.9 Å². The second kappa shape index (κ2) is 7.76. The van der Waals surface area contributed by atoms with Gasteiger partial charge in [0.1, 0.15) is 5.58 Å². The first-order valence-electron chi connectivity index (χ1n) is 9.56. The third kappa shape index (κ3) is 3.86. The van der Waals surface area contributed by atoms with Gasteiger partial charge in [0.25, 0.3) is 10.0 Å². The second-order valence-electron chi connectivity index (χ2n) is 7.34. The van der Waals surface area contributed by atoms with Gasteiger partial charge < -0.3 is 4.42 Å². The number of hydrogen-bond acceptors (Lipinski definition) is 6. The fourth-order valence-electron chi connectivity index (χ4n) is 3.70. The van der Waals surface area contributed by atoms with Gasteiger partial charge in [-0.25, -0.2) is 17.5 Å². The Morgan fingerprint density at radius 1 is 1.07 bits per heavy atom. The standard InChI is InChI=1S/C21H21NO5S2/c1-14-7-10-17(11-8-14)29(25,26)22(20(23)15-5-3-2-4-6-15)16-9-12-18-19(13-16)28-21(24)27-18/h7-13,15H,2-6H2,1H3. The fourth-order valence-corrected chi connectivity index (χ4v) is 5.87.